The summed E-state index contributed by atoms with van der Waals surface area (Å²) in [7, 11) is 3.03. The van der Waals surface area contributed by atoms with E-state index in [-0.39, 0.29) is 29.7 Å². The van der Waals surface area contributed by atoms with Crippen molar-refractivity contribution in [3.05, 3.63) is 82.7 Å². The molecule has 0 spiro atoms. The van der Waals surface area contributed by atoms with Gasteiger partial charge in [0, 0.05) is 30.5 Å². The molecular weight excluding hydrogens is 536 g/mol. The van der Waals surface area contributed by atoms with E-state index >= 15 is 0 Å². The minimum atomic E-state index is -0.583. The maximum absolute atomic E-state index is 13.6. The number of nitrogens with zero attached hydrogens (tertiary/aromatic N) is 4. The monoisotopic (exact) mass is 572 g/mol. The number of allylic oxidation sites excluding steroid dienone is 1. The molecule has 1 fully saturated rings. The third-order valence-corrected chi connectivity index (χ3v) is 7.33. The van der Waals surface area contributed by atoms with E-state index in [9.17, 15) is 4.79 Å². The summed E-state index contributed by atoms with van der Waals surface area (Å²) in [4.78, 5) is 21.7. The summed E-state index contributed by atoms with van der Waals surface area (Å²) in [6.45, 7) is 4.39. The lowest BCUT2D eigenvalue weighted by Gasteiger charge is -2.31. The third-order valence-electron chi connectivity index (χ3n) is 7.33. The Kier molecular flexibility index (Phi) is 8.41. The molecule has 0 saturated carbocycles. The first-order valence-electron chi connectivity index (χ1n) is 13.7. The van der Waals surface area contributed by atoms with Gasteiger partial charge < -0.3 is 30.4 Å². The van der Waals surface area contributed by atoms with Gasteiger partial charge >= 0.3 is 0 Å². The Bertz CT molecular complexity index is 1520. The highest BCUT2D eigenvalue weighted by Crippen LogP contribution is 2.36. The van der Waals surface area contributed by atoms with Crippen molar-refractivity contribution in [1.82, 2.24) is 15.0 Å². The van der Waals surface area contributed by atoms with E-state index in [1.165, 1.54) is 20.3 Å². The van der Waals surface area contributed by atoms with Gasteiger partial charge in [-0.15, -0.1) is 0 Å². The number of rotatable bonds is 10. The Morgan fingerprint density at radius 3 is 2.69 bits per heavy atom. The minimum Gasteiger partial charge on any atom is -0.493 e. The zero-order chi connectivity index (χ0) is 29.9. The van der Waals surface area contributed by atoms with Gasteiger partial charge in [-0.25, -0.2) is 4.98 Å². The van der Waals surface area contributed by atoms with E-state index in [0.29, 0.717) is 35.7 Å². The SMILES string of the molecule is COc1cc(Cc2cnc(N)nc2N)cc(C(=O)/C=C/N2N=Cc3ccccc3C2CCC2COC(C)(C)O2)c1OC. The molecule has 11 nitrogen and oxygen atoms in total. The van der Waals surface area contributed by atoms with Gasteiger partial charge in [0.2, 0.25) is 5.95 Å². The van der Waals surface area contributed by atoms with E-state index in [4.69, 9.17) is 30.4 Å². The fourth-order valence-corrected chi connectivity index (χ4v) is 5.29. The molecule has 2 unspecified atom stereocenters. The van der Waals surface area contributed by atoms with Crippen LogP contribution in [0.4, 0.5) is 11.8 Å². The zero-order valence-corrected chi connectivity index (χ0v) is 24.2. The fraction of sp³-hybridized carbons (Fsp3) is 0.355. The minimum absolute atomic E-state index is 0.00881. The average Bonchev–Trinajstić information content (AvgIpc) is 3.33. The van der Waals surface area contributed by atoms with Gasteiger partial charge in [0.1, 0.15) is 5.82 Å². The molecule has 42 heavy (non-hydrogen) atoms. The number of nitrogen functional groups attached to an aromatic ring is 2. The molecule has 0 radical (unpaired) electrons. The molecule has 1 aromatic heterocycles. The number of fused-ring (bicyclic) bond motifs is 1. The lowest BCUT2D eigenvalue weighted by Crippen LogP contribution is -2.26. The number of carbonyl (C=O) groups excluding carboxylic acids is 1. The second-order valence-corrected chi connectivity index (χ2v) is 10.7. The van der Waals surface area contributed by atoms with Crippen LogP contribution in [0.15, 0.2) is 60.0 Å². The van der Waals surface area contributed by atoms with Crippen molar-refractivity contribution in [2.45, 2.75) is 51.0 Å². The molecule has 2 aliphatic rings. The molecule has 5 rings (SSSR count). The van der Waals surface area contributed by atoms with Crippen LogP contribution >= 0.6 is 0 Å². The highest BCUT2D eigenvalue weighted by Gasteiger charge is 2.34. The summed E-state index contributed by atoms with van der Waals surface area (Å²) in [5.74, 6) is 0.279. The van der Waals surface area contributed by atoms with E-state index in [2.05, 4.69) is 21.1 Å². The number of carbonyl (C=O) groups is 1. The number of methoxy groups -OCH3 is 2. The van der Waals surface area contributed by atoms with Gasteiger partial charge in [0.25, 0.3) is 0 Å². The molecule has 2 aliphatic heterocycles. The van der Waals surface area contributed by atoms with Crippen LogP contribution in [0.5, 0.6) is 11.5 Å². The number of ketones is 1. The Hall–Kier alpha value is -4.48. The lowest BCUT2D eigenvalue weighted by atomic mass is 9.94. The Morgan fingerprint density at radius 1 is 1.17 bits per heavy atom. The van der Waals surface area contributed by atoms with Crippen LogP contribution in [-0.2, 0) is 15.9 Å². The molecule has 3 heterocycles. The number of hydrogen-bond acceptors (Lipinski definition) is 11. The molecule has 2 aromatic carbocycles. The molecule has 0 aliphatic carbocycles. The summed E-state index contributed by atoms with van der Waals surface area (Å²) in [6.07, 6.45) is 8.49. The van der Waals surface area contributed by atoms with Crippen molar-refractivity contribution in [2.75, 3.05) is 32.3 Å². The van der Waals surface area contributed by atoms with Crippen LogP contribution < -0.4 is 20.9 Å². The Morgan fingerprint density at radius 2 is 1.98 bits per heavy atom. The maximum atomic E-state index is 13.6. The topological polar surface area (TPSA) is 147 Å². The molecule has 2 atom stereocenters. The van der Waals surface area contributed by atoms with Gasteiger partial charge in [-0.3, -0.25) is 9.80 Å². The van der Waals surface area contributed by atoms with Crippen molar-refractivity contribution in [2.24, 2.45) is 5.10 Å². The van der Waals surface area contributed by atoms with Gasteiger partial charge in [0.15, 0.2) is 23.1 Å². The lowest BCUT2D eigenvalue weighted by molar-refractivity contribution is -0.139. The highest BCUT2D eigenvalue weighted by molar-refractivity contribution is 6.07. The number of ether oxygens (including phenoxy) is 4. The third kappa shape index (κ3) is 6.37. The first-order chi connectivity index (χ1) is 20.2. The number of benzene rings is 2. The molecule has 4 N–H and O–H groups in total. The number of aromatic nitrogens is 2. The molecule has 3 aromatic rings. The second kappa shape index (κ2) is 12.2. The van der Waals surface area contributed by atoms with Crippen molar-refractivity contribution >= 4 is 23.8 Å². The summed E-state index contributed by atoms with van der Waals surface area (Å²) in [5.41, 5.74) is 15.7. The molecule has 11 heteroatoms. The normalized spacial score (nSPS) is 19.2. The predicted octanol–water partition coefficient (Wildman–Crippen LogP) is 4.27. The van der Waals surface area contributed by atoms with Crippen LogP contribution in [0, 0.1) is 0 Å². The van der Waals surface area contributed by atoms with Crippen molar-refractivity contribution < 1.29 is 23.7 Å². The zero-order valence-electron chi connectivity index (χ0n) is 24.2. The Labute approximate surface area is 245 Å². The fourth-order valence-electron chi connectivity index (χ4n) is 5.29. The molecule has 220 valence electrons. The molecule has 0 amide bonds. The van der Waals surface area contributed by atoms with E-state index in [1.807, 2.05) is 43.3 Å². The van der Waals surface area contributed by atoms with E-state index in [0.717, 1.165) is 29.5 Å². The van der Waals surface area contributed by atoms with Crippen molar-refractivity contribution in [1.29, 1.82) is 0 Å². The average molecular weight is 573 g/mol. The predicted molar refractivity (Wildman–Crippen MR) is 159 cm³/mol. The highest BCUT2D eigenvalue weighted by atomic mass is 16.7. The Balaban J connectivity index is 1.40. The summed E-state index contributed by atoms with van der Waals surface area (Å²) in [5, 5.41) is 6.48. The van der Waals surface area contributed by atoms with Crippen molar-refractivity contribution in [3.8, 4) is 11.5 Å². The summed E-state index contributed by atoms with van der Waals surface area (Å²) >= 11 is 0. The summed E-state index contributed by atoms with van der Waals surface area (Å²) in [6, 6.07) is 11.6. The smallest absolute Gasteiger partial charge is 0.221 e. The van der Waals surface area contributed by atoms with Crippen LogP contribution in [-0.4, -0.2) is 59.7 Å². The van der Waals surface area contributed by atoms with Crippen LogP contribution in [0.3, 0.4) is 0 Å². The van der Waals surface area contributed by atoms with Gasteiger partial charge in [-0.1, -0.05) is 24.3 Å². The van der Waals surface area contributed by atoms with Crippen LogP contribution in [0.25, 0.3) is 0 Å². The maximum Gasteiger partial charge on any atom is 0.221 e. The first kappa shape index (κ1) is 29.0. The summed E-state index contributed by atoms with van der Waals surface area (Å²) < 4.78 is 22.9. The molecular formula is C31H36N6O5. The largest absolute Gasteiger partial charge is 0.493 e. The number of nitrogens with two attached hydrogens (primary N) is 2. The van der Waals surface area contributed by atoms with Crippen LogP contribution in [0.2, 0.25) is 0 Å². The van der Waals surface area contributed by atoms with E-state index in [1.54, 1.807) is 24.5 Å². The number of hydrogen-bond donors (Lipinski definition) is 2. The number of hydrazone groups is 1. The second-order valence-electron chi connectivity index (χ2n) is 10.7. The first-order valence-corrected chi connectivity index (χ1v) is 13.7. The standard InChI is InChI=1S/C31H36N6O5/c1-31(2)41-18-22(42-31)9-10-25-23-8-6-5-7-20(23)17-35-37(25)12-11-26(38)24-14-19(15-27(39-3)28(24)40-4)13-21-16-34-30(33)36-29(21)32/h5-8,11-12,14-17,22,25H,9-10,13,18H2,1-4H3,(H4,32,33,34,36)/b12-11+. The van der Waals surface area contributed by atoms with Gasteiger partial charge in [-0.2, -0.15) is 10.1 Å². The van der Waals surface area contributed by atoms with Gasteiger partial charge in [0.05, 0.1) is 44.8 Å². The molecule has 0 bridgehead atoms. The van der Waals surface area contributed by atoms with Gasteiger partial charge in [-0.05, 0) is 55.5 Å². The van der Waals surface area contributed by atoms with E-state index < -0.39 is 5.79 Å². The van der Waals surface area contributed by atoms with Crippen LogP contribution in [0.1, 0.15) is 65.3 Å². The molecule has 1 saturated heterocycles. The number of anilines is 2. The quantitative estimate of drug-likeness (QED) is 0.267. The van der Waals surface area contributed by atoms with Crippen molar-refractivity contribution in [3.63, 3.8) is 0 Å².